The van der Waals surface area contributed by atoms with Gasteiger partial charge in [-0.2, -0.15) is 0 Å². The van der Waals surface area contributed by atoms with Crippen LogP contribution in [0.25, 0.3) is 0 Å². The number of aromatic nitrogens is 4. The summed E-state index contributed by atoms with van der Waals surface area (Å²) in [6.07, 6.45) is 6.97. The van der Waals surface area contributed by atoms with E-state index in [9.17, 15) is 24.3 Å². The van der Waals surface area contributed by atoms with Gasteiger partial charge in [0, 0.05) is 43.2 Å². The van der Waals surface area contributed by atoms with E-state index in [1.807, 2.05) is 0 Å². The maximum atomic E-state index is 13.0. The average molecular weight is 446 g/mol. The summed E-state index contributed by atoms with van der Waals surface area (Å²) in [5, 5.41) is 14.7. The number of aliphatic carboxylic acids is 1. The Hall–Kier alpha value is -3.74. The van der Waals surface area contributed by atoms with Gasteiger partial charge in [0.15, 0.2) is 0 Å². The van der Waals surface area contributed by atoms with Gasteiger partial charge in [-0.05, 0) is 12.8 Å². The smallest absolute Gasteiger partial charge is 0.326 e. The van der Waals surface area contributed by atoms with Crippen LogP contribution in [0.1, 0.15) is 24.2 Å². The highest BCUT2D eigenvalue weighted by molar-refractivity contribution is 5.94. The van der Waals surface area contributed by atoms with E-state index in [-0.39, 0.29) is 25.3 Å². The molecule has 1 aliphatic heterocycles. The van der Waals surface area contributed by atoms with Crippen molar-refractivity contribution < 1.29 is 24.3 Å². The number of nitrogens with zero attached hydrogens (tertiary/aromatic N) is 3. The number of H-pyrrole nitrogens is 2. The van der Waals surface area contributed by atoms with Crippen LogP contribution in [-0.2, 0) is 32.0 Å². The lowest BCUT2D eigenvalue weighted by Crippen LogP contribution is -2.56. The number of nitrogens with two attached hydrogens (primary N) is 1. The maximum Gasteiger partial charge on any atom is 0.326 e. The molecule has 1 saturated heterocycles. The van der Waals surface area contributed by atoms with Crippen molar-refractivity contribution in [3.8, 4) is 0 Å². The first-order valence-corrected chi connectivity index (χ1v) is 10.2. The van der Waals surface area contributed by atoms with Crippen molar-refractivity contribution in [2.75, 3.05) is 13.1 Å². The molecule has 172 valence electrons. The second-order valence-electron chi connectivity index (χ2n) is 7.47. The number of amides is 3. The molecule has 32 heavy (non-hydrogen) atoms. The van der Waals surface area contributed by atoms with Gasteiger partial charge in [-0.25, -0.2) is 14.8 Å². The molecule has 0 radical (unpaired) electrons. The van der Waals surface area contributed by atoms with Gasteiger partial charge in [-0.1, -0.05) is 0 Å². The Morgan fingerprint density at radius 3 is 2.25 bits per heavy atom. The Kier molecular flexibility index (Phi) is 7.54. The van der Waals surface area contributed by atoms with Crippen LogP contribution in [-0.4, -0.2) is 84.8 Å². The maximum absolute atomic E-state index is 13.0. The molecule has 0 saturated carbocycles. The summed E-state index contributed by atoms with van der Waals surface area (Å²) in [6, 6.07) is -3.05. The molecule has 3 heterocycles. The van der Waals surface area contributed by atoms with Crippen LogP contribution >= 0.6 is 0 Å². The lowest BCUT2D eigenvalue weighted by atomic mass is 10.1. The third-order valence-electron chi connectivity index (χ3n) is 5.26. The largest absolute Gasteiger partial charge is 0.480 e. The lowest BCUT2D eigenvalue weighted by molar-refractivity contribution is -0.142. The minimum Gasteiger partial charge on any atom is -0.480 e. The van der Waals surface area contributed by atoms with Gasteiger partial charge in [0.25, 0.3) is 0 Å². The molecule has 13 heteroatoms. The normalized spacial score (nSPS) is 17.5. The highest BCUT2D eigenvalue weighted by Crippen LogP contribution is 2.17. The van der Waals surface area contributed by atoms with E-state index >= 15 is 0 Å². The summed E-state index contributed by atoms with van der Waals surface area (Å²) in [5.41, 5.74) is 6.54. The van der Waals surface area contributed by atoms with E-state index in [4.69, 9.17) is 5.73 Å². The standard InChI is InChI=1S/C19H26N8O5/c20-6-16(28)27-3-1-2-15(27)18(30)25-13(4-11-7-21-9-23-11)17(29)26-14(19(31)32)5-12-8-22-10-24-12/h7-10,13-15H,1-6,20H2,(H,21,23)(H,22,24)(H,25,30)(H,26,29)(H,31,32). The van der Waals surface area contributed by atoms with Crippen molar-refractivity contribution in [1.82, 2.24) is 35.5 Å². The molecule has 1 aliphatic rings. The topological polar surface area (TPSA) is 199 Å². The molecule has 0 bridgehead atoms. The van der Waals surface area contributed by atoms with Gasteiger partial charge in [-0.3, -0.25) is 14.4 Å². The molecule has 1 fully saturated rings. The van der Waals surface area contributed by atoms with Crippen molar-refractivity contribution in [2.45, 2.75) is 43.8 Å². The number of rotatable bonds is 10. The third kappa shape index (κ3) is 5.69. The molecule has 7 N–H and O–H groups in total. The number of carboxylic acid groups (broad SMARTS) is 1. The molecule has 3 unspecified atom stereocenters. The predicted molar refractivity (Wildman–Crippen MR) is 110 cm³/mol. The van der Waals surface area contributed by atoms with Crippen molar-refractivity contribution in [3.63, 3.8) is 0 Å². The number of hydrogen-bond donors (Lipinski definition) is 6. The number of likely N-dealkylation sites (tertiary alicyclic amines) is 1. The molecule has 2 aromatic heterocycles. The average Bonchev–Trinajstić information content (AvgIpc) is 3.54. The zero-order chi connectivity index (χ0) is 23.1. The van der Waals surface area contributed by atoms with E-state index < -0.39 is 35.9 Å². The molecule has 0 spiro atoms. The van der Waals surface area contributed by atoms with Crippen LogP contribution in [0.3, 0.4) is 0 Å². The molecule has 0 aliphatic carbocycles. The number of nitrogens with one attached hydrogen (secondary N) is 4. The fourth-order valence-corrected chi connectivity index (χ4v) is 3.64. The minimum atomic E-state index is -1.23. The molecule has 3 rings (SSSR count). The Morgan fingerprint density at radius 2 is 1.72 bits per heavy atom. The Labute approximate surface area is 183 Å². The van der Waals surface area contributed by atoms with Gasteiger partial charge >= 0.3 is 5.97 Å². The fraction of sp³-hybridized carbons (Fsp3) is 0.474. The van der Waals surface area contributed by atoms with Crippen molar-refractivity contribution in [3.05, 3.63) is 36.4 Å². The molecular formula is C19H26N8O5. The summed E-state index contributed by atoms with van der Waals surface area (Å²) >= 11 is 0. The molecule has 13 nitrogen and oxygen atoms in total. The zero-order valence-corrected chi connectivity index (χ0v) is 17.3. The van der Waals surface area contributed by atoms with E-state index in [0.29, 0.717) is 30.8 Å². The Balaban J connectivity index is 1.72. The highest BCUT2D eigenvalue weighted by atomic mass is 16.4. The van der Waals surface area contributed by atoms with Crippen LogP contribution < -0.4 is 16.4 Å². The zero-order valence-electron chi connectivity index (χ0n) is 17.3. The summed E-state index contributed by atoms with van der Waals surface area (Å²) in [5.74, 6) is -2.74. The van der Waals surface area contributed by atoms with Crippen molar-refractivity contribution >= 4 is 23.7 Å². The van der Waals surface area contributed by atoms with Gasteiger partial charge < -0.3 is 36.3 Å². The summed E-state index contributed by atoms with van der Waals surface area (Å²) in [6.45, 7) is 0.201. The molecule has 3 amide bonds. The van der Waals surface area contributed by atoms with E-state index in [1.165, 1.54) is 29.9 Å². The number of carbonyl (C=O) groups is 4. The SMILES string of the molecule is NCC(=O)N1CCCC1C(=O)NC(Cc1cnc[nH]1)C(=O)NC(Cc1cnc[nH]1)C(=O)O. The second-order valence-corrected chi connectivity index (χ2v) is 7.47. The van der Waals surface area contributed by atoms with E-state index in [2.05, 4.69) is 30.6 Å². The Bertz CT molecular complexity index is 930. The molecule has 2 aromatic rings. The Morgan fingerprint density at radius 1 is 1.09 bits per heavy atom. The first kappa shape index (κ1) is 22.9. The van der Waals surface area contributed by atoms with Crippen LogP contribution in [0.5, 0.6) is 0 Å². The van der Waals surface area contributed by atoms with Crippen LogP contribution in [0, 0.1) is 0 Å². The second kappa shape index (κ2) is 10.5. The quantitative estimate of drug-likeness (QED) is 0.239. The first-order valence-electron chi connectivity index (χ1n) is 10.2. The minimum absolute atomic E-state index is 0.00674. The fourth-order valence-electron chi connectivity index (χ4n) is 3.64. The van der Waals surface area contributed by atoms with Crippen LogP contribution in [0.2, 0.25) is 0 Å². The summed E-state index contributed by atoms with van der Waals surface area (Å²) in [4.78, 5) is 64.4. The van der Waals surface area contributed by atoms with Crippen molar-refractivity contribution in [1.29, 1.82) is 0 Å². The summed E-state index contributed by atoms with van der Waals surface area (Å²) < 4.78 is 0. The summed E-state index contributed by atoms with van der Waals surface area (Å²) in [7, 11) is 0. The van der Waals surface area contributed by atoms with Gasteiger partial charge in [-0.15, -0.1) is 0 Å². The number of carbonyl (C=O) groups excluding carboxylic acids is 3. The lowest BCUT2D eigenvalue weighted by Gasteiger charge is -2.26. The monoisotopic (exact) mass is 446 g/mol. The highest BCUT2D eigenvalue weighted by Gasteiger charge is 2.36. The van der Waals surface area contributed by atoms with Gasteiger partial charge in [0.05, 0.1) is 19.2 Å². The number of imidazole rings is 2. The first-order chi connectivity index (χ1) is 15.4. The number of hydrogen-bond acceptors (Lipinski definition) is 7. The van der Waals surface area contributed by atoms with Gasteiger partial charge in [0.2, 0.25) is 17.7 Å². The van der Waals surface area contributed by atoms with E-state index in [1.54, 1.807) is 0 Å². The third-order valence-corrected chi connectivity index (χ3v) is 5.26. The molecule has 0 aromatic carbocycles. The van der Waals surface area contributed by atoms with Crippen LogP contribution in [0.4, 0.5) is 0 Å². The predicted octanol–water partition coefficient (Wildman–Crippen LogP) is -2.08. The van der Waals surface area contributed by atoms with E-state index in [0.717, 1.165) is 0 Å². The molecular weight excluding hydrogens is 420 g/mol. The number of carboxylic acids is 1. The van der Waals surface area contributed by atoms with Crippen molar-refractivity contribution in [2.24, 2.45) is 5.73 Å². The number of aromatic amines is 2. The van der Waals surface area contributed by atoms with Gasteiger partial charge in [0.1, 0.15) is 18.1 Å². The van der Waals surface area contributed by atoms with Crippen LogP contribution in [0.15, 0.2) is 25.0 Å². The molecule has 3 atom stereocenters.